The van der Waals surface area contributed by atoms with Crippen molar-refractivity contribution in [3.05, 3.63) is 58.1 Å². The predicted octanol–water partition coefficient (Wildman–Crippen LogP) is 2.77. The second kappa shape index (κ2) is 10.1. The van der Waals surface area contributed by atoms with Gasteiger partial charge in [-0.05, 0) is 55.8 Å². The van der Waals surface area contributed by atoms with E-state index < -0.39 is 20.9 Å². The zero-order valence-electron chi connectivity index (χ0n) is 19.1. The molecule has 11 heteroatoms. The van der Waals surface area contributed by atoms with Crippen LogP contribution >= 0.6 is 0 Å². The molecule has 0 radical (unpaired) electrons. The van der Waals surface area contributed by atoms with Gasteiger partial charge in [-0.15, -0.1) is 0 Å². The average molecular weight is 488 g/mol. The van der Waals surface area contributed by atoms with Crippen molar-refractivity contribution in [2.24, 2.45) is 0 Å². The summed E-state index contributed by atoms with van der Waals surface area (Å²) in [5, 5.41) is 14.3. The van der Waals surface area contributed by atoms with Crippen LogP contribution < -0.4 is 10.2 Å². The Hall–Kier alpha value is -3.02. The Labute approximate surface area is 199 Å². The summed E-state index contributed by atoms with van der Waals surface area (Å²) in [4.78, 5) is 28.2. The van der Waals surface area contributed by atoms with Crippen LogP contribution in [0.1, 0.15) is 30.1 Å². The summed E-state index contributed by atoms with van der Waals surface area (Å²) < 4.78 is 27.3. The molecule has 0 aliphatic carbocycles. The first kappa shape index (κ1) is 24.1. The zero-order chi connectivity index (χ0) is 24.3. The maximum atomic E-state index is 12.9. The Bertz CT molecular complexity index is 1150. The van der Waals surface area contributed by atoms with Gasteiger partial charge >= 0.3 is 0 Å². The van der Waals surface area contributed by atoms with Crippen LogP contribution in [0, 0.1) is 10.1 Å². The van der Waals surface area contributed by atoms with Gasteiger partial charge in [0.15, 0.2) is 0 Å². The summed E-state index contributed by atoms with van der Waals surface area (Å²) in [5.41, 5.74) is 0.999. The fourth-order valence-corrected chi connectivity index (χ4v) is 5.81. The molecule has 2 aliphatic heterocycles. The number of sulfonamides is 1. The largest absolute Gasteiger partial charge is 0.366 e. The highest BCUT2D eigenvalue weighted by Crippen LogP contribution is 2.32. The van der Waals surface area contributed by atoms with Crippen LogP contribution in [0.25, 0.3) is 0 Å². The fourth-order valence-electron chi connectivity index (χ4n) is 4.39. The SMILES string of the molecule is CCN1CCN(S(=O)(=O)c2ccc(NC(=O)c3ccc(N4CCCC4)c([N+](=O)[O-])c3)cc2)CC1. The Morgan fingerprint density at radius 1 is 1.00 bits per heavy atom. The molecule has 0 aromatic heterocycles. The summed E-state index contributed by atoms with van der Waals surface area (Å²) in [6.45, 7) is 6.76. The van der Waals surface area contributed by atoms with E-state index in [0.717, 1.165) is 32.5 Å². The quantitative estimate of drug-likeness (QED) is 0.472. The monoisotopic (exact) mass is 487 g/mol. The van der Waals surface area contributed by atoms with E-state index in [9.17, 15) is 23.3 Å². The number of nitro groups is 1. The third-order valence-corrected chi connectivity index (χ3v) is 8.32. The van der Waals surface area contributed by atoms with E-state index in [-0.39, 0.29) is 16.1 Å². The molecular weight excluding hydrogens is 458 g/mol. The van der Waals surface area contributed by atoms with E-state index in [1.807, 2.05) is 4.90 Å². The van der Waals surface area contributed by atoms with Crippen LogP contribution in [0.4, 0.5) is 17.1 Å². The molecular formula is C23H29N5O5S. The molecule has 2 aromatic carbocycles. The van der Waals surface area contributed by atoms with Gasteiger partial charge in [0.1, 0.15) is 5.69 Å². The lowest BCUT2D eigenvalue weighted by atomic mass is 10.1. The molecule has 2 aliphatic rings. The second-order valence-corrected chi connectivity index (χ2v) is 10.4. The minimum Gasteiger partial charge on any atom is -0.366 e. The summed E-state index contributed by atoms with van der Waals surface area (Å²) in [6.07, 6.45) is 1.97. The predicted molar refractivity (Wildman–Crippen MR) is 130 cm³/mol. The molecule has 0 atom stereocenters. The van der Waals surface area contributed by atoms with Gasteiger partial charge < -0.3 is 15.1 Å². The zero-order valence-corrected chi connectivity index (χ0v) is 20.0. The minimum atomic E-state index is -3.60. The molecule has 10 nitrogen and oxygen atoms in total. The number of hydrogen-bond donors (Lipinski definition) is 1. The highest BCUT2D eigenvalue weighted by atomic mass is 32.2. The van der Waals surface area contributed by atoms with Gasteiger partial charge in [-0.1, -0.05) is 6.92 Å². The standard InChI is InChI=1S/C23H29N5O5S/c1-2-25-13-15-27(16-14-25)34(32,33)20-8-6-19(7-9-20)24-23(29)18-5-10-21(22(17-18)28(30)31)26-11-3-4-12-26/h5-10,17H,2-4,11-16H2,1H3,(H,24,29). The van der Waals surface area contributed by atoms with E-state index in [4.69, 9.17) is 0 Å². The number of nitrogens with one attached hydrogen (secondary N) is 1. The summed E-state index contributed by atoms with van der Waals surface area (Å²) in [6, 6.07) is 10.5. The average Bonchev–Trinajstić information content (AvgIpc) is 3.39. The number of nitrogens with zero attached hydrogens (tertiary/aromatic N) is 4. The Morgan fingerprint density at radius 2 is 1.65 bits per heavy atom. The van der Waals surface area contributed by atoms with E-state index in [1.165, 1.54) is 34.6 Å². The summed E-state index contributed by atoms with van der Waals surface area (Å²) >= 11 is 0. The number of benzene rings is 2. The molecule has 0 saturated carbocycles. The van der Waals surface area contributed by atoms with E-state index >= 15 is 0 Å². The van der Waals surface area contributed by atoms with Gasteiger partial charge in [0.25, 0.3) is 11.6 Å². The second-order valence-electron chi connectivity index (χ2n) is 8.47. The van der Waals surface area contributed by atoms with Crippen molar-refractivity contribution in [1.82, 2.24) is 9.21 Å². The van der Waals surface area contributed by atoms with Crippen LogP contribution in [-0.4, -0.2) is 74.3 Å². The molecule has 4 rings (SSSR count). The van der Waals surface area contributed by atoms with Crippen molar-refractivity contribution in [1.29, 1.82) is 0 Å². The third kappa shape index (κ3) is 5.06. The normalized spacial score (nSPS) is 17.6. The van der Waals surface area contributed by atoms with Crippen LogP contribution in [0.2, 0.25) is 0 Å². The molecule has 0 unspecified atom stereocenters. The van der Waals surface area contributed by atoms with Crippen molar-refractivity contribution < 1.29 is 18.1 Å². The number of piperazine rings is 1. The van der Waals surface area contributed by atoms with Crippen molar-refractivity contribution in [2.45, 2.75) is 24.7 Å². The van der Waals surface area contributed by atoms with Crippen LogP contribution in [0.5, 0.6) is 0 Å². The molecule has 2 heterocycles. The van der Waals surface area contributed by atoms with Gasteiger partial charge in [-0.25, -0.2) is 8.42 Å². The van der Waals surface area contributed by atoms with Crippen molar-refractivity contribution in [3.8, 4) is 0 Å². The number of nitro benzene ring substituents is 1. The van der Waals surface area contributed by atoms with Gasteiger partial charge in [0.2, 0.25) is 10.0 Å². The Morgan fingerprint density at radius 3 is 2.24 bits per heavy atom. The molecule has 1 amide bonds. The number of anilines is 2. The lowest BCUT2D eigenvalue weighted by Gasteiger charge is -2.33. The molecule has 182 valence electrons. The van der Waals surface area contributed by atoms with Gasteiger partial charge in [0, 0.05) is 56.6 Å². The van der Waals surface area contributed by atoms with E-state index in [1.54, 1.807) is 12.1 Å². The maximum Gasteiger partial charge on any atom is 0.293 e. The molecule has 2 saturated heterocycles. The Kier molecular flexibility index (Phi) is 7.15. The van der Waals surface area contributed by atoms with E-state index in [0.29, 0.717) is 37.6 Å². The van der Waals surface area contributed by atoms with Crippen molar-refractivity contribution in [3.63, 3.8) is 0 Å². The molecule has 0 spiro atoms. The number of likely N-dealkylation sites (N-methyl/N-ethyl adjacent to an activating group) is 1. The number of carbonyl (C=O) groups is 1. The molecule has 2 aromatic rings. The number of amides is 1. The van der Waals surface area contributed by atoms with Crippen molar-refractivity contribution in [2.75, 3.05) is 56.0 Å². The third-order valence-electron chi connectivity index (χ3n) is 6.41. The van der Waals surface area contributed by atoms with Crippen LogP contribution in [-0.2, 0) is 10.0 Å². The van der Waals surface area contributed by atoms with Gasteiger partial charge in [-0.3, -0.25) is 14.9 Å². The highest BCUT2D eigenvalue weighted by molar-refractivity contribution is 7.89. The maximum absolute atomic E-state index is 12.9. The number of hydrogen-bond acceptors (Lipinski definition) is 7. The first-order chi connectivity index (χ1) is 16.3. The van der Waals surface area contributed by atoms with E-state index in [2.05, 4.69) is 17.1 Å². The smallest absolute Gasteiger partial charge is 0.293 e. The topological polar surface area (TPSA) is 116 Å². The first-order valence-electron chi connectivity index (χ1n) is 11.5. The Balaban J connectivity index is 1.46. The fraction of sp³-hybridized carbons (Fsp3) is 0.435. The van der Waals surface area contributed by atoms with Crippen LogP contribution in [0.3, 0.4) is 0 Å². The van der Waals surface area contributed by atoms with Gasteiger partial charge in [-0.2, -0.15) is 4.31 Å². The van der Waals surface area contributed by atoms with Crippen LogP contribution in [0.15, 0.2) is 47.4 Å². The lowest BCUT2D eigenvalue weighted by molar-refractivity contribution is -0.384. The molecule has 34 heavy (non-hydrogen) atoms. The molecule has 2 fully saturated rings. The summed E-state index contributed by atoms with van der Waals surface area (Å²) in [7, 11) is -3.60. The molecule has 0 bridgehead atoms. The minimum absolute atomic E-state index is 0.0980. The van der Waals surface area contributed by atoms with Crippen molar-refractivity contribution >= 4 is 33.0 Å². The lowest BCUT2D eigenvalue weighted by Crippen LogP contribution is -2.48. The first-order valence-corrected chi connectivity index (χ1v) is 12.9. The summed E-state index contributed by atoms with van der Waals surface area (Å²) in [5.74, 6) is -0.498. The number of carbonyl (C=O) groups excluding carboxylic acids is 1. The number of rotatable bonds is 7. The molecule has 1 N–H and O–H groups in total. The highest BCUT2D eigenvalue weighted by Gasteiger charge is 2.28. The van der Waals surface area contributed by atoms with Gasteiger partial charge in [0.05, 0.1) is 9.82 Å².